The molecule has 0 spiro atoms. The Labute approximate surface area is 244 Å². The molecule has 0 aliphatic heterocycles. The molecule has 0 unspecified atom stereocenters. The van der Waals surface area contributed by atoms with Crippen molar-refractivity contribution in [2.75, 3.05) is 14.2 Å². The number of carbonyl (C=O) groups excluding carboxylic acids is 2. The van der Waals surface area contributed by atoms with Crippen LogP contribution < -0.4 is 0 Å². The largest absolute Gasteiger partial charge is 0.478 e. The first-order valence-electron chi connectivity index (χ1n) is 12.8. The molecular weight excluding hydrogens is 558 g/mol. The van der Waals surface area contributed by atoms with Crippen LogP contribution in [0.5, 0.6) is 0 Å². The van der Waals surface area contributed by atoms with E-state index >= 15 is 0 Å². The fraction of sp³-hybridized carbons (Fsp3) is 0.250. The highest BCUT2D eigenvalue weighted by Gasteiger charge is 2.17. The molecule has 3 aromatic heterocycles. The molecule has 3 aromatic carbocycles. The topological polar surface area (TPSA) is 193 Å². The van der Waals surface area contributed by atoms with Crippen LogP contribution >= 0.6 is 0 Å². The summed E-state index contributed by atoms with van der Waals surface area (Å²) in [6.45, 7) is 5.71. The molecular formula is C28H29N9O6. The van der Waals surface area contributed by atoms with Gasteiger partial charge in [0.2, 0.25) is 0 Å². The molecule has 0 fully saturated rings. The van der Waals surface area contributed by atoms with Crippen LogP contribution in [-0.4, -0.2) is 82.6 Å². The number of aryl methyl sites for hydroxylation is 5. The maximum atomic E-state index is 11.5. The minimum atomic E-state index is -0.987. The Morgan fingerprint density at radius 3 is 1.84 bits per heavy atom. The van der Waals surface area contributed by atoms with Crippen LogP contribution in [0.15, 0.2) is 36.4 Å². The summed E-state index contributed by atoms with van der Waals surface area (Å²) in [5.41, 5.74) is 7.80. The van der Waals surface area contributed by atoms with Crippen molar-refractivity contribution in [3.8, 4) is 0 Å². The quantitative estimate of drug-likeness (QED) is 0.288. The van der Waals surface area contributed by atoms with Gasteiger partial charge in [-0.25, -0.2) is 19.1 Å². The van der Waals surface area contributed by atoms with Crippen molar-refractivity contribution < 1.29 is 29.0 Å². The predicted molar refractivity (Wildman–Crippen MR) is 155 cm³/mol. The molecule has 0 saturated heterocycles. The van der Waals surface area contributed by atoms with E-state index in [2.05, 4.69) is 40.7 Å². The van der Waals surface area contributed by atoms with Gasteiger partial charge in [-0.05, 0) is 55.7 Å². The number of hydrogen-bond donors (Lipinski definition) is 2. The smallest absolute Gasteiger partial charge is 0.340 e. The lowest BCUT2D eigenvalue weighted by molar-refractivity contribution is 0.0593. The van der Waals surface area contributed by atoms with E-state index < -0.39 is 5.97 Å². The number of aromatic carboxylic acids is 1. The van der Waals surface area contributed by atoms with Crippen LogP contribution in [0.2, 0.25) is 0 Å². The minimum absolute atomic E-state index is 0.175. The third-order valence-corrected chi connectivity index (χ3v) is 6.52. The summed E-state index contributed by atoms with van der Waals surface area (Å²) in [7, 11) is 6.18. The zero-order chi connectivity index (χ0) is 31.4. The van der Waals surface area contributed by atoms with Crippen LogP contribution in [0.3, 0.4) is 0 Å². The number of nitrogens with zero attached hydrogens (tertiary/aromatic N) is 8. The molecule has 0 aliphatic rings. The third kappa shape index (κ3) is 6.00. The molecule has 3 heterocycles. The van der Waals surface area contributed by atoms with Crippen molar-refractivity contribution in [3.63, 3.8) is 0 Å². The number of aromatic amines is 1. The van der Waals surface area contributed by atoms with Crippen LogP contribution in [0, 0.1) is 20.8 Å². The van der Waals surface area contributed by atoms with Gasteiger partial charge >= 0.3 is 17.9 Å². The van der Waals surface area contributed by atoms with Gasteiger partial charge in [-0.15, -0.1) is 5.10 Å². The summed E-state index contributed by atoms with van der Waals surface area (Å²) in [6.07, 6.45) is 0. The van der Waals surface area contributed by atoms with Crippen molar-refractivity contribution in [3.05, 3.63) is 69.8 Å². The molecule has 0 bridgehead atoms. The maximum Gasteiger partial charge on any atom is 0.340 e. The molecule has 0 aliphatic carbocycles. The van der Waals surface area contributed by atoms with Crippen LogP contribution in [-0.2, 0) is 23.6 Å². The molecule has 15 heteroatoms. The summed E-state index contributed by atoms with van der Waals surface area (Å²) >= 11 is 0. The van der Waals surface area contributed by atoms with Crippen LogP contribution in [0.4, 0.5) is 0 Å². The lowest BCUT2D eigenvalue weighted by Crippen LogP contribution is -2.05. The number of carboxylic acids is 1. The Balaban J connectivity index is 0.000000148. The van der Waals surface area contributed by atoms with Gasteiger partial charge < -0.3 is 14.6 Å². The second-order valence-electron chi connectivity index (χ2n) is 9.40. The highest BCUT2D eigenvalue weighted by Crippen LogP contribution is 2.21. The number of esters is 2. The van der Waals surface area contributed by atoms with Gasteiger partial charge in [0.25, 0.3) is 0 Å². The van der Waals surface area contributed by atoms with Gasteiger partial charge in [0.1, 0.15) is 33.1 Å². The van der Waals surface area contributed by atoms with Crippen molar-refractivity contribution in [1.29, 1.82) is 0 Å². The number of carbonyl (C=O) groups is 3. The van der Waals surface area contributed by atoms with E-state index in [1.807, 2.05) is 32.9 Å². The van der Waals surface area contributed by atoms with Crippen molar-refractivity contribution in [1.82, 2.24) is 45.4 Å². The second-order valence-corrected chi connectivity index (χ2v) is 9.40. The van der Waals surface area contributed by atoms with Crippen LogP contribution in [0.25, 0.3) is 33.1 Å². The van der Waals surface area contributed by atoms with Gasteiger partial charge in [-0.3, -0.25) is 0 Å². The molecule has 222 valence electrons. The standard InChI is InChI=1S/2C10H11N3O2.C8H7N3O2/c1-6-4-5-7(10(14)15-3)9-8(6)11-12-13(9)2;1-6-4-5-7(10(14)15-3)9-8(6)11-13(2)12-9;1-4-2-3-5(8(12)13)7-6(4)9-11-10-7/h2*4-5H,1-3H3;2-3H,1H3,(H,12,13)(H,9,10,11). The molecule has 0 atom stereocenters. The van der Waals surface area contributed by atoms with Crippen molar-refractivity contribution in [2.24, 2.45) is 14.1 Å². The van der Waals surface area contributed by atoms with E-state index in [1.54, 1.807) is 37.0 Å². The number of H-pyrrole nitrogens is 1. The SMILES string of the molecule is COC(=O)c1ccc(C)c2nn(C)nc12.COC(=O)c1ccc(C)c2nnn(C)c12.Cc1ccc(C(=O)O)c2n[nH]nc12. The van der Waals surface area contributed by atoms with E-state index in [0.717, 1.165) is 27.7 Å². The average molecular weight is 588 g/mol. The Morgan fingerprint density at radius 1 is 0.698 bits per heavy atom. The molecule has 6 rings (SSSR count). The molecule has 43 heavy (non-hydrogen) atoms. The number of hydrogen-bond acceptors (Lipinski definition) is 11. The number of methoxy groups -OCH3 is 2. The Kier molecular flexibility index (Phi) is 8.73. The fourth-order valence-electron chi connectivity index (χ4n) is 4.29. The number of fused-ring (bicyclic) bond motifs is 3. The van der Waals surface area contributed by atoms with Gasteiger partial charge in [0.15, 0.2) is 0 Å². The van der Waals surface area contributed by atoms with Gasteiger partial charge in [-0.1, -0.05) is 23.4 Å². The summed E-state index contributed by atoms with van der Waals surface area (Å²) in [6, 6.07) is 10.4. The van der Waals surface area contributed by atoms with E-state index in [1.165, 1.54) is 25.1 Å². The number of benzene rings is 3. The zero-order valence-electron chi connectivity index (χ0n) is 24.5. The first kappa shape index (κ1) is 30.2. The highest BCUT2D eigenvalue weighted by molar-refractivity contribution is 6.03. The predicted octanol–water partition coefficient (Wildman–Crippen LogP) is 3.09. The Morgan fingerprint density at radius 2 is 1.21 bits per heavy atom. The maximum absolute atomic E-state index is 11.5. The molecule has 0 amide bonds. The molecule has 15 nitrogen and oxygen atoms in total. The second kappa shape index (κ2) is 12.4. The molecule has 2 N–H and O–H groups in total. The summed E-state index contributed by atoms with van der Waals surface area (Å²) < 4.78 is 11.0. The number of nitrogens with one attached hydrogen (secondary N) is 1. The lowest BCUT2D eigenvalue weighted by atomic mass is 10.1. The van der Waals surface area contributed by atoms with E-state index in [4.69, 9.17) is 9.84 Å². The number of ether oxygens (including phenoxy) is 2. The number of aromatic nitrogens is 9. The molecule has 0 radical (unpaired) electrons. The van der Waals surface area contributed by atoms with Gasteiger partial charge in [0.05, 0.1) is 30.9 Å². The summed E-state index contributed by atoms with van der Waals surface area (Å²) in [4.78, 5) is 35.1. The Hall–Kier alpha value is -5.73. The highest BCUT2D eigenvalue weighted by atomic mass is 16.5. The summed E-state index contributed by atoms with van der Waals surface area (Å²) in [5, 5.41) is 35.1. The Bertz CT molecular complexity index is 1980. The van der Waals surface area contributed by atoms with E-state index in [9.17, 15) is 14.4 Å². The molecule has 6 aromatic rings. The van der Waals surface area contributed by atoms with Crippen molar-refractivity contribution in [2.45, 2.75) is 20.8 Å². The minimum Gasteiger partial charge on any atom is -0.478 e. The number of carboxylic acid groups (broad SMARTS) is 1. The van der Waals surface area contributed by atoms with Crippen LogP contribution in [0.1, 0.15) is 47.8 Å². The van der Waals surface area contributed by atoms with Gasteiger partial charge in [0, 0.05) is 14.1 Å². The monoisotopic (exact) mass is 587 g/mol. The van der Waals surface area contributed by atoms with Crippen molar-refractivity contribution >= 4 is 51.0 Å². The normalized spacial score (nSPS) is 10.6. The van der Waals surface area contributed by atoms with E-state index in [0.29, 0.717) is 33.2 Å². The molecule has 0 saturated carbocycles. The first-order valence-corrected chi connectivity index (χ1v) is 12.8. The lowest BCUT2D eigenvalue weighted by Gasteiger charge is -2.03. The summed E-state index contributed by atoms with van der Waals surface area (Å²) in [5.74, 6) is -1.75. The third-order valence-electron chi connectivity index (χ3n) is 6.52. The number of rotatable bonds is 3. The average Bonchev–Trinajstić information content (AvgIpc) is 3.73. The van der Waals surface area contributed by atoms with E-state index in [-0.39, 0.29) is 17.5 Å². The van der Waals surface area contributed by atoms with Gasteiger partial charge in [-0.2, -0.15) is 30.4 Å². The zero-order valence-corrected chi connectivity index (χ0v) is 24.5. The fourth-order valence-corrected chi connectivity index (χ4v) is 4.29. The first-order chi connectivity index (χ1) is 20.5.